The van der Waals surface area contributed by atoms with Gasteiger partial charge < -0.3 is 9.47 Å². The third kappa shape index (κ3) is 8.72. The maximum atomic E-state index is 13.9. The molecule has 13 nitrogen and oxygen atoms in total. The predicted octanol–water partition coefficient (Wildman–Crippen LogP) is 4.35. The van der Waals surface area contributed by atoms with Crippen LogP contribution in [0.25, 0.3) is 0 Å². The minimum absolute atomic E-state index is 1.23. The van der Waals surface area contributed by atoms with Crippen LogP contribution in [0.1, 0.15) is 0 Å². The number of halogens is 22. The number of alkyl halides is 16. The average molecular weight is 896 g/mol. The lowest BCUT2D eigenvalue weighted by Crippen LogP contribution is -2.63. The zero-order valence-electron chi connectivity index (χ0n) is 21.4. The first kappa shape index (κ1) is 48.2. The number of hydrogen-bond acceptors (Lipinski definition) is 11. The van der Waals surface area contributed by atoms with E-state index in [2.05, 4.69) is 0 Å². The Bertz CT molecular complexity index is 1720. The second-order valence-electron chi connectivity index (χ2n) is 7.69. The van der Waals surface area contributed by atoms with Crippen LogP contribution >= 0.6 is 0 Å². The van der Waals surface area contributed by atoms with Crippen LogP contribution in [-0.2, 0) is 54.3 Å². The van der Waals surface area contributed by atoms with Crippen LogP contribution in [-0.4, -0.2) is 79.1 Å². The molecule has 0 spiro atoms. The lowest BCUT2D eigenvalue weighted by atomic mass is 10.6. The fourth-order valence-corrected chi connectivity index (χ4v) is 7.23. The highest BCUT2D eigenvalue weighted by molar-refractivity contribution is 8.06. The number of ether oxygens (including phenoxy) is 3. The van der Waals surface area contributed by atoms with Gasteiger partial charge in [0.1, 0.15) is 0 Å². The number of nitrogens with one attached hydrogen (secondary N) is 2. The maximum absolute atomic E-state index is 13.9. The van der Waals surface area contributed by atoms with Gasteiger partial charge >= 0.3 is 89.7 Å². The second kappa shape index (κ2) is 13.6. The molecule has 0 aromatic rings. The minimum Gasteiger partial charge on any atom is -0.397 e. The zero-order chi connectivity index (χ0) is 41.8. The minimum atomic E-state index is -8.79. The predicted molar refractivity (Wildman–Crippen MR) is 105 cm³/mol. The van der Waals surface area contributed by atoms with Crippen molar-refractivity contribution in [3.05, 3.63) is 24.2 Å². The van der Waals surface area contributed by atoms with E-state index in [4.69, 9.17) is 0 Å². The third-order valence-electron chi connectivity index (χ3n) is 4.13. The summed E-state index contributed by atoms with van der Waals surface area (Å²) in [5, 5.41) is -31.9. The summed E-state index contributed by atoms with van der Waals surface area (Å²) in [4.78, 5) is 0. The van der Waals surface area contributed by atoms with Crippen LogP contribution in [0.2, 0.25) is 0 Å². The third-order valence-corrected chi connectivity index (χ3v) is 11.3. The van der Waals surface area contributed by atoms with Crippen molar-refractivity contribution in [2.45, 2.75) is 45.5 Å². The van der Waals surface area contributed by atoms with E-state index in [1.165, 1.54) is 4.74 Å². The van der Waals surface area contributed by atoms with E-state index in [0.29, 0.717) is 0 Å². The molecule has 0 aromatic carbocycles. The van der Waals surface area contributed by atoms with Crippen LogP contribution in [0.5, 0.6) is 0 Å². The van der Waals surface area contributed by atoms with Gasteiger partial charge in [-0.05, 0) is 0 Å². The Morgan fingerprint density at radius 3 is 0.706 bits per heavy atom. The summed E-state index contributed by atoms with van der Waals surface area (Å²) >= 11 is 0. The molecule has 0 amide bonds. The summed E-state index contributed by atoms with van der Waals surface area (Å²) in [5.41, 5.74) is 0. The Kier molecular flexibility index (Phi) is 12.8. The largest absolute Gasteiger partial charge is 0.483 e. The van der Waals surface area contributed by atoms with Gasteiger partial charge in [0.05, 0.1) is 0 Å². The lowest BCUT2D eigenvalue weighted by molar-refractivity contribution is -0.442. The van der Waals surface area contributed by atoms with Crippen LogP contribution in [0.3, 0.4) is 0 Å². The molecule has 0 bridgehead atoms. The first-order chi connectivity index (χ1) is 21.8. The molecule has 0 saturated carbocycles. The average Bonchev–Trinajstić information content (AvgIpc) is 2.85. The van der Waals surface area contributed by atoms with Crippen molar-refractivity contribution >= 4 is 40.1 Å². The number of rotatable bonds is 18. The zero-order valence-corrected chi connectivity index (χ0v) is 24.7. The van der Waals surface area contributed by atoms with E-state index in [1.54, 1.807) is 0 Å². The molecule has 0 aliphatic rings. The van der Waals surface area contributed by atoms with Gasteiger partial charge in [-0.3, -0.25) is 0 Å². The van der Waals surface area contributed by atoms with E-state index in [-0.39, 0.29) is 0 Å². The molecular weight excluding hydrogens is 894 g/mol. The molecule has 0 saturated heterocycles. The van der Waals surface area contributed by atoms with Crippen LogP contribution in [0.15, 0.2) is 24.2 Å². The SMILES string of the molecule is O=S(=O)(NS(=O)(=O)C(F)(F)C(F)(F)OC(F)(F)C(F)(F)S(=O)(=O)NS(=O)(=O)C(F)(F)C(F)(F)OC(F)=C(F)F)C(F)(F)C(F)(F)OC(F)=C(F)F. The van der Waals surface area contributed by atoms with Crippen molar-refractivity contribution in [1.29, 1.82) is 0 Å². The molecule has 0 fully saturated rings. The van der Waals surface area contributed by atoms with Crippen LogP contribution in [0.4, 0.5) is 96.6 Å². The summed E-state index contributed by atoms with van der Waals surface area (Å²) in [7, 11) is -34.6. The number of hydrogen-bond donors (Lipinski definition) is 2. The van der Waals surface area contributed by atoms with Crippen molar-refractivity contribution in [3.63, 3.8) is 0 Å². The second-order valence-corrected chi connectivity index (χ2v) is 15.1. The standard InChI is InChI=1S/C12H2F22N2O11S4/c13-1(14)3(17)45-5(19,20)9(27,28)48(37,38)35-50(41,42)11(31,32)7(23,24)47-8(25,26)12(33,34)51(43,44)36-49(39,40)10(29,30)6(21,22)46-4(18)2(15)16/h35-36H. The Morgan fingerprint density at radius 1 is 0.353 bits per heavy atom. The van der Waals surface area contributed by atoms with Crippen LogP contribution < -0.4 is 8.25 Å². The summed E-state index contributed by atoms with van der Waals surface area (Å²) in [6, 6.07) is -8.24. The van der Waals surface area contributed by atoms with Gasteiger partial charge in [0.15, 0.2) is 0 Å². The molecule has 0 aromatic heterocycles. The molecule has 2 N–H and O–H groups in total. The van der Waals surface area contributed by atoms with E-state index < -0.39 is 118 Å². The molecule has 0 aliphatic carbocycles. The van der Waals surface area contributed by atoms with Crippen molar-refractivity contribution in [2.24, 2.45) is 0 Å². The highest BCUT2D eigenvalue weighted by atomic mass is 32.3. The molecule has 0 aliphatic heterocycles. The van der Waals surface area contributed by atoms with E-state index in [1.807, 2.05) is 9.47 Å². The van der Waals surface area contributed by atoms with E-state index >= 15 is 0 Å². The molecule has 0 radical (unpaired) electrons. The van der Waals surface area contributed by atoms with Crippen molar-refractivity contribution < 1.29 is 144 Å². The van der Waals surface area contributed by atoms with Gasteiger partial charge in [0.2, 0.25) is 0 Å². The first-order valence-electron chi connectivity index (χ1n) is 9.85. The Balaban J connectivity index is 6.80. The highest BCUT2D eigenvalue weighted by Crippen LogP contribution is 2.50. The molecule has 39 heteroatoms. The molecule has 304 valence electrons. The normalized spacial score (nSPS) is 15.3. The van der Waals surface area contributed by atoms with Crippen LogP contribution in [0, 0.1) is 0 Å². The highest BCUT2D eigenvalue weighted by Gasteiger charge is 2.80. The molecule has 0 atom stereocenters. The van der Waals surface area contributed by atoms with E-state index in [9.17, 15) is 130 Å². The van der Waals surface area contributed by atoms with Gasteiger partial charge in [-0.1, -0.05) is 8.25 Å². The summed E-state index contributed by atoms with van der Waals surface area (Å²) in [6.45, 7) is 0. The van der Waals surface area contributed by atoms with E-state index in [0.717, 1.165) is 0 Å². The Labute approximate surface area is 262 Å². The Hall–Kier alpha value is -2.78. The molecular formula is C12H2F22N2O11S4. The molecule has 0 unspecified atom stereocenters. The molecule has 51 heavy (non-hydrogen) atoms. The quantitative estimate of drug-likeness (QED) is 0.147. The fourth-order valence-electron chi connectivity index (χ4n) is 1.82. The summed E-state index contributed by atoms with van der Waals surface area (Å²) in [5.74, 6) is 0. The van der Waals surface area contributed by atoms with Gasteiger partial charge in [0.25, 0.3) is 20.0 Å². The fraction of sp³-hybridized carbons (Fsp3) is 0.667. The summed E-state index contributed by atoms with van der Waals surface area (Å²) in [6.07, 6.45) is -39.7. The van der Waals surface area contributed by atoms with Crippen molar-refractivity contribution in [3.8, 4) is 0 Å². The van der Waals surface area contributed by atoms with Crippen molar-refractivity contribution in [1.82, 2.24) is 8.25 Å². The van der Waals surface area contributed by atoms with Crippen molar-refractivity contribution in [2.75, 3.05) is 0 Å². The summed E-state index contributed by atoms with van der Waals surface area (Å²) < 4.78 is 382. The van der Waals surface area contributed by atoms with Gasteiger partial charge in [0, 0.05) is 0 Å². The van der Waals surface area contributed by atoms with Gasteiger partial charge in [-0.2, -0.15) is 96.6 Å². The van der Waals surface area contributed by atoms with Gasteiger partial charge in [-0.15, -0.1) is 0 Å². The monoisotopic (exact) mass is 896 g/mol. The topological polar surface area (TPSA) is 188 Å². The first-order valence-corrected chi connectivity index (χ1v) is 15.8. The maximum Gasteiger partial charge on any atom is 0.483 e. The lowest BCUT2D eigenvalue weighted by Gasteiger charge is -2.32. The molecule has 0 rings (SSSR count). The van der Waals surface area contributed by atoms with Gasteiger partial charge in [-0.25, -0.2) is 38.4 Å². The smallest absolute Gasteiger partial charge is 0.397 e. The number of sulfonamides is 4. The Morgan fingerprint density at radius 2 is 0.529 bits per heavy atom. The molecule has 0 heterocycles.